The molecule has 4 nitrogen and oxygen atoms in total. The van der Waals surface area contributed by atoms with E-state index in [1.807, 2.05) is 6.92 Å². The van der Waals surface area contributed by atoms with Gasteiger partial charge in [0.25, 0.3) is 5.91 Å². The van der Waals surface area contributed by atoms with E-state index in [9.17, 15) is 14.3 Å². The number of benzene rings is 2. The minimum Gasteiger partial charge on any atom is -0.507 e. The van der Waals surface area contributed by atoms with Crippen molar-refractivity contribution in [1.82, 2.24) is 0 Å². The van der Waals surface area contributed by atoms with Crippen molar-refractivity contribution in [2.24, 2.45) is 0 Å². The number of carbonyl (C=O) groups is 1. The second-order valence-electron chi connectivity index (χ2n) is 4.21. The van der Waals surface area contributed by atoms with Gasteiger partial charge in [-0.25, -0.2) is 4.39 Å². The van der Waals surface area contributed by atoms with Crippen molar-refractivity contribution in [1.29, 1.82) is 0 Å². The fourth-order valence-corrected chi connectivity index (χ4v) is 1.67. The molecule has 5 heteroatoms. The summed E-state index contributed by atoms with van der Waals surface area (Å²) in [6.07, 6.45) is 0. The highest BCUT2D eigenvalue weighted by atomic mass is 19.1. The van der Waals surface area contributed by atoms with Crippen molar-refractivity contribution >= 4 is 17.3 Å². The number of amides is 1. The highest BCUT2D eigenvalue weighted by Crippen LogP contribution is 2.23. The SMILES string of the molecule is Cc1ccc(O)c(C(=O)Nc2ccc(F)cc2N)c1. The van der Waals surface area contributed by atoms with Gasteiger partial charge < -0.3 is 16.2 Å². The van der Waals surface area contributed by atoms with Crippen molar-refractivity contribution in [3.63, 3.8) is 0 Å². The summed E-state index contributed by atoms with van der Waals surface area (Å²) in [4.78, 5) is 12.0. The maximum absolute atomic E-state index is 12.9. The Morgan fingerprint density at radius 2 is 2.00 bits per heavy atom. The Morgan fingerprint density at radius 1 is 1.26 bits per heavy atom. The van der Waals surface area contributed by atoms with Crippen LogP contribution in [0.1, 0.15) is 15.9 Å². The zero-order chi connectivity index (χ0) is 14.0. The van der Waals surface area contributed by atoms with Gasteiger partial charge in [0, 0.05) is 0 Å². The average molecular weight is 260 g/mol. The van der Waals surface area contributed by atoms with Crippen molar-refractivity contribution < 1.29 is 14.3 Å². The van der Waals surface area contributed by atoms with Gasteiger partial charge in [-0.15, -0.1) is 0 Å². The predicted octanol–water partition coefficient (Wildman–Crippen LogP) is 2.67. The summed E-state index contributed by atoms with van der Waals surface area (Å²) >= 11 is 0. The molecule has 0 fully saturated rings. The molecule has 98 valence electrons. The first-order chi connectivity index (χ1) is 8.97. The molecule has 0 saturated heterocycles. The maximum atomic E-state index is 12.9. The van der Waals surface area contributed by atoms with Gasteiger partial charge >= 0.3 is 0 Å². The van der Waals surface area contributed by atoms with Gasteiger partial charge in [0.1, 0.15) is 11.6 Å². The number of nitrogens with one attached hydrogen (secondary N) is 1. The van der Waals surface area contributed by atoms with E-state index in [4.69, 9.17) is 5.73 Å². The molecule has 0 saturated carbocycles. The third kappa shape index (κ3) is 2.82. The number of anilines is 2. The first kappa shape index (κ1) is 12.9. The lowest BCUT2D eigenvalue weighted by Crippen LogP contribution is -2.13. The van der Waals surface area contributed by atoms with E-state index >= 15 is 0 Å². The molecule has 4 N–H and O–H groups in total. The molecule has 0 heterocycles. The summed E-state index contributed by atoms with van der Waals surface area (Å²) in [7, 11) is 0. The lowest BCUT2D eigenvalue weighted by molar-refractivity contribution is 0.102. The van der Waals surface area contributed by atoms with Crippen LogP contribution in [0.25, 0.3) is 0 Å². The number of halogens is 1. The zero-order valence-electron chi connectivity index (χ0n) is 10.3. The molecule has 2 aromatic rings. The second-order valence-corrected chi connectivity index (χ2v) is 4.21. The molecule has 19 heavy (non-hydrogen) atoms. The Hall–Kier alpha value is -2.56. The fourth-order valence-electron chi connectivity index (χ4n) is 1.67. The van der Waals surface area contributed by atoms with E-state index in [2.05, 4.69) is 5.32 Å². The monoisotopic (exact) mass is 260 g/mol. The molecule has 0 bridgehead atoms. The van der Waals surface area contributed by atoms with Crippen LogP contribution in [-0.4, -0.2) is 11.0 Å². The lowest BCUT2D eigenvalue weighted by Gasteiger charge is -2.09. The van der Waals surface area contributed by atoms with Crippen LogP contribution in [0.4, 0.5) is 15.8 Å². The Kier molecular flexibility index (Phi) is 3.37. The van der Waals surface area contributed by atoms with Crippen molar-refractivity contribution in [3.8, 4) is 5.75 Å². The van der Waals surface area contributed by atoms with E-state index < -0.39 is 11.7 Å². The number of aromatic hydroxyl groups is 1. The Bertz CT molecular complexity index is 641. The van der Waals surface area contributed by atoms with Crippen molar-refractivity contribution in [2.45, 2.75) is 6.92 Å². The molecule has 0 aliphatic carbocycles. The third-order valence-corrected chi connectivity index (χ3v) is 2.66. The zero-order valence-corrected chi connectivity index (χ0v) is 10.3. The summed E-state index contributed by atoms with van der Waals surface area (Å²) in [5.74, 6) is -1.10. The highest BCUT2D eigenvalue weighted by Gasteiger charge is 2.13. The molecule has 0 unspecified atom stereocenters. The van der Waals surface area contributed by atoms with Crippen LogP contribution in [0.5, 0.6) is 5.75 Å². The van der Waals surface area contributed by atoms with E-state index in [-0.39, 0.29) is 17.0 Å². The second kappa shape index (κ2) is 4.97. The number of aryl methyl sites for hydroxylation is 1. The maximum Gasteiger partial charge on any atom is 0.259 e. The van der Waals surface area contributed by atoms with Crippen LogP contribution in [-0.2, 0) is 0 Å². The Balaban J connectivity index is 2.28. The third-order valence-electron chi connectivity index (χ3n) is 2.66. The number of rotatable bonds is 2. The van der Waals surface area contributed by atoms with Crippen LogP contribution < -0.4 is 11.1 Å². The standard InChI is InChI=1S/C14H13FN2O2/c1-8-2-5-13(18)10(6-8)14(19)17-12-4-3-9(15)7-11(12)16/h2-7,18H,16H2,1H3,(H,17,19). The van der Waals surface area contributed by atoms with Gasteiger partial charge in [0.15, 0.2) is 0 Å². The van der Waals surface area contributed by atoms with Crippen molar-refractivity contribution in [3.05, 3.63) is 53.3 Å². The normalized spacial score (nSPS) is 10.2. The van der Waals surface area contributed by atoms with Gasteiger partial charge in [0.05, 0.1) is 16.9 Å². The Morgan fingerprint density at radius 3 is 2.68 bits per heavy atom. The fraction of sp³-hybridized carbons (Fsp3) is 0.0714. The van der Waals surface area contributed by atoms with Gasteiger partial charge in [-0.2, -0.15) is 0 Å². The summed E-state index contributed by atoms with van der Waals surface area (Å²) < 4.78 is 12.9. The van der Waals surface area contributed by atoms with E-state index in [0.29, 0.717) is 5.69 Å². The molecule has 0 radical (unpaired) electrons. The highest BCUT2D eigenvalue weighted by molar-refractivity contribution is 6.07. The molecule has 0 atom stereocenters. The van der Waals surface area contributed by atoms with Gasteiger partial charge in [0.2, 0.25) is 0 Å². The van der Waals surface area contributed by atoms with E-state index in [1.54, 1.807) is 12.1 Å². The molecule has 0 spiro atoms. The molecular weight excluding hydrogens is 247 g/mol. The first-order valence-corrected chi connectivity index (χ1v) is 5.63. The van der Waals surface area contributed by atoms with E-state index in [1.165, 1.54) is 18.2 Å². The molecule has 1 amide bonds. The smallest absolute Gasteiger partial charge is 0.259 e. The van der Waals surface area contributed by atoms with Gasteiger partial charge in [-0.05, 0) is 37.3 Å². The van der Waals surface area contributed by atoms with Crippen LogP contribution in [0, 0.1) is 12.7 Å². The lowest BCUT2D eigenvalue weighted by atomic mass is 10.1. The van der Waals surface area contributed by atoms with Gasteiger partial charge in [-0.1, -0.05) is 11.6 Å². The summed E-state index contributed by atoms with van der Waals surface area (Å²) in [6.45, 7) is 1.81. The number of phenolic OH excluding ortho intramolecular Hbond substituents is 1. The minimum atomic E-state index is -0.500. The number of nitrogen functional groups attached to an aromatic ring is 1. The minimum absolute atomic E-state index is 0.121. The van der Waals surface area contributed by atoms with Gasteiger partial charge in [-0.3, -0.25) is 4.79 Å². The quantitative estimate of drug-likeness (QED) is 0.727. The largest absolute Gasteiger partial charge is 0.507 e. The topological polar surface area (TPSA) is 75.3 Å². The van der Waals surface area contributed by atoms with Crippen molar-refractivity contribution in [2.75, 3.05) is 11.1 Å². The number of nitrogens with two attached hydrogens (primary N) is 1. The molecule has 0 aromatic heterocycles. The number of phenols is 1. The number of hydrogen-bond donors (Lipinski definition) is 3. The summed E-state index contributed by atoms with van der Waals surface area (Å²) in [5, 5.41) is 12.2. The Labute approximate surface area is 109 Å². The van der Waals surface area contributed by atoms with Crippen LogP contribution >= 0.6 is 0 Å². The summed E-state index contributed by atoms with van der Waals surface area (Å²) in [5.41, 5.74) is 7.01. The van der Waals surface area contributed by atoms with Crippen LogP contribution in [0.15, 0.2) is 36.4 Å². The van der Waals surface area contributed by atoms with Crippen LogP contribution in [0.2, 0.25) is 0 Å². The molecule has 0 aliphatic rings. The predicted molar refractivity (Wildman–Crippen MR) is 71.6 cm³/mol. The first-order valence-electron chi connectivity index (χ1n) is 5.63. The summed E-state index contributed by atoms with van der Waals surface area (Å²) in [6, 6.07) is 8.38. The molecule has 0 aliphatic heterocycles. The van der Waals surface area contributed by atoms with E-state index in [0.717, 1.165) is 11.6 Å². The van der Waals surface area contributed by atoms with Crippen LogP contribution in [0.3, 0.4) is 0 Å². The molecular formula is C14H13FN2O2. The molecule has 2 aromatic carbocycles. The molecule has 2 rings (SSSR count). The number of hydrogen-bond acceptors (Lipinski definition) is 3. The average Bonchev–Trinajstić information content (AvgIpc) is 2.35. The number of carbonyl (C=O) groups excluding carboxylic acids is 1.